The van der Waals surface area contributed by atoms with Crippen LogP contribution in [0.15, 0.2) is 0 Å². The number of amides is 2. The minimum Gasteiger partial charge on any atom is -0.367 e. The molecule has 2 rings (SSSR count). The molecule has 0 aromatic rings. The molecule has 0 radical (unpaired) electrons. The molecule has 1 saturated heterocycles. The number of hydrogen-bond donors (Lipinski definition) is 2. The van der Waals surface area contributed by atoms with E-state index in [-0.39, 0.29) is 17.4 Å². The molecule has 2 amide bonds. The van der Waals surface area contributed by atoms with E-state index in [2.05, 4.69) is 12.2 Å². The van der Waals surface area contributed by atoms with E-state index in [9.17, 15) is 9.59 Å². The predicted molar refractivity (Wildman–Crippen MR) is 71.3 cm³/mol. The van der Waals surface area contributed by atoms with Crippen LogP contribution < -0.4 is 11.1 Å². The van der Waals surface area contributed by atoms with E-state index in [1.807, 2.05) is 0 Å². The summed E-state index contributed by atoms with van der Waals surface area (Å²) < 4.78 is 5.51. The largest absolute Gasteiger partial charge is 0.367 e. The van der Waals surface area contributed by atoms with Crippen LogP contribution >= 0.6 is 0 Å². The van der Waals surface area contributed by atoms with Gasteiger partial charge < -0.3 is 15.8 Å². The van der Waals surface area contributed by atoms with E-state index in [1.165, 1.54) is 0 Å². The van der Waals surface area contributed by atoms with Crippen LogP contribution in [-0.2, 0) is 14.3 Å². The quantitative estimate of drug-likeness (QED) is 0.783. The molecule has 1 saturated carbocycles. The Kier molecular flexibility index (Phi) is 4.45. The van der Waals surface area contributed by atoms with Gasteiger partial charge >= 0.3 is 0 Å². The van der Waals surface area contributed by atoms with E-state index < -0.39 is 12.0 Å². The second-order valence-corrected chi connectivity index (χ2v) is 5.78. The second kappa shape index (κ2) is 5.90. The maximum Gasteiger partial charge on any atom is 0.246 e. The van der Waals surface area contributed by atoms with Crippen LogP contribution in [0.2, 0.25) is 0 Å². The third kappa shape index (κ3) is 3.08. The zero-order valence-electron chi connectivity index (χ0n) is 11.6. The van der Waals surface area contributed by atoms with Crippen LogP contribution in [0.5, 0.6) is 0 Å². The van der Waals surface area contributed by atoms with Crippen molar-refractivity contribution in [2.24, 2.45) is 11.1 Å². The number of carbonyl (C=O) groups is 2. The lowest BCUT2D eigenvalue weighted by molar-refractivity contribution is -0.132. The Hall–Kier alpha value is -1.10. The lowest BCUT2D eigenvalue weighted by atomic mass is 9.82. The maximum atomic E-state index is 12.3. The number of nitrogens with two attached hydrogens (primary N) is 1. The van der Waals surface area contributed by atoms with Crippen molar-refractivity contribution in [3.8, 4) is 0 Å². The van der Waals surface area contributed by atoms with Crippen LogP contribution in [0.25, 0.3) is 0 Å². The first-order valence-electron chi connectivity index (χ1n) is 7.30. The SMILES string of the molecule is CCC1(C(=O)NCC2CCC(C(N)=O)O2)CCCC1. The van der Waals surface area contributed by atoms with Crippen LogP contribution in [0.1, 0.15) is 51.9 Å². The number of primary amides is 1. The highest BCUT2D eigenvalue weighted by molar-refractivity contribution is 5.83. The van der Waals surface area contributed by atoms with E-state index in [4.69, 9.17) is 10.5 Å². The molecule has 3 N–H and O–H groups in total. The smallest absolute Gasteiger partial charge is 0.246 e. The fourth-order valence-electron chi connectivity index (χ4n) is 3.25. The summed E-state index contributed by atoms with van der Waals surface area (Å²) in [4.78, 5) is 23.3. The lowest BCUT2D eigenvalue weighted by Gasteiger charge is -2.26. The molecule has 2 aliphatic rings. The van der Waals surface area contributed by atoms with Crippen LogP contribution in [0.3, 0.4) is 0 Å². The molecule has 0 spiro atoms. The summed E-state index contributed by atoms with van der Waals surface area (Å²) in [6.45, 7) is 2.57. The van der Waals surface area contributed by atoms with Crippen molar-refractivity contribution in [3.05, 3.63) is 0 Å². The summed E-state index contributed by atoms with van der Waals surface area (Å²) in [5.41, 5.74) is 5.04. The number of hydrogen-bond acceptors (Lipinski definition) is 3. The second-order valence-electron chi connectivity index (χ2n) is 5.78. The zero-order chi connectivity index (χ0) is 13.9. The van der Waals surface area contributed by atoms with Gasteiger partial charge in [0.2, 0.25) is 11.8 Å². The molecule has 0 aromatic heterocycles. The summed E-state index contributed by atoms with van der Waals surface area (Å²) in [5, 5.41) is 3.00. The molecule has 1 aliphatic carbocycles. The fourth-order valence-corrected chi connectivity index (χ4v) is 3.25. The minimum absolute atomic E-state index is 0.0724. The monoisotopic (exact) mass is 268 g/mol. The molecule has 0 aromatic carbocycles. The average molecular weight is 268 g/mol. The van der Waals surface area contributed by atoms with E-state index >= 15 is 0 Å². The van der Waals surface area contributed by atoms with Gasteiger partial charge in [-0.15, -0.1) is 0 Å². The molecule has 2 unspecified atom stereocenters. The Morgan fingerprint density at radius 2 is 2.00 bits per heavy atom. The molecular weight excluding hydrogens is 244 g/mol. The van der Waals surface area contributed by atoms with E-state index in [1.54, 1.807) is 0 Å². The van der Waals surface area contributed by atoms with Crippen molar-refractivity contribution in [1.82, 2.24) is 5.32 Å². The van der Waals surface area contributed by atoms with Crippen molar-refractivity contribution in [2.45, 2.75) is 64.1 Å². The van der Waals surface area contributed by atoms with Gasteiger partial charge in [0.05, 0.1) is 6.10 Å². The molecule has 2 fully saturated rings. The van der Waals surface area contributed by atoms with Crippen molar-refractivity contribution >= 4 is 11.8 Å². The summed E-state index contributed by atoms with van der Waals surface area (Å²) >= 11 is 0. The van der Waals surface area contributed by atoms with Crippen LogP contribution in [0, 0.1) is 5.41 Å². The van der Waals surface area contributed by atoms with Crippen LogP contribution in [0.4, 0.5) is 0 Å². The molecule has 5 nitrogen and oxygen atoms in total. The number of nitrogens with one attached hydrogen (secondary N) is 1. The summed E-state index contributed by atoms with van der Waals surface area (Å²) in [6.07, 6.45) is 6.06. The highest BCUT2D eigenvalue weighted by atomic mass is 16.5. The Balaban J connectivity index is 1.79. The van der Waals surface area contributed by atoms with Gasteiger partial charge in [-0.1, -0.05) is 19.8 Å². The topological polar surface area (TPSA) is 81.4 Å². The maximum absolute atomic E-state index is 12.3. The van der Waals surface area contributed by atoms with Gasteiger partial charge in [-0.3, -0.25) is 9.59 Å². The van der Waals surface area contributed by atoms with Gasteiger partial charge in [0.1, 0.15) is 6.10 Å². The van der Waals surface area contributed by atoms with Gasteiger partial charge in [0, 0.05) is 12.0 Å². The molecule has 19 heavy (non-hydrogen) atoms. The highest BCUT2D eigenvalue weighted by Crippen LogP contribution is 2.41. The van der Waals surface area contributed by atoms with E-state index in [0.717, 1.165) is 38.5 Å². The zero-order valence-corrected chi connectivity index (χ0v) is 11.6. The van der Waals surface area contributed by atoms with Gasteiger partial charge in [-0.05, 0) is 32.1 Å². The van der Waals surface area contributed by atoms with Crippen molar-refractivity contribution < 1.29 is 14.3 Å². The first-order valence-corrected chi connectivity index (χ1v) is 7.30. The third-order valence-corrected chi connectivity index (χ3v) is 4.63. The van der Waals surface area contributed by atoms with Crippen LogP contribution in [-0.4, -0.2) is 30.6 Å². The average Bonchev–Trinajstić information content (AvgIpc) is 3.05. The molecule has 0 bridgehead atoms. The van der Waals surface area contributed by atoms with Gasteiger partial charge in [-0.2, -0.15) is 0 Å². The minimum atomic E-state index is -0.478. The van der Waals surface area contributed by atoms with Gasteiger partial charge in [-0.25, -0.2) is 0 Å². The van der Waals surface area contributed by atoms with Crippen molar-refractivity contribution in [1.29, 1.82) is 0 Å². The Morgan fingerprint density at radius 1 is 1.32 bits per heavy atom. The molecule has 1 aliphatic heterocycles. The van der Waals surface area contributed by atoms with Gasteiger partial charge in [0.15, 0.2) is 0 Å². The number of ether oxygens (including phenoxy) is 1. The lowest BCUT2D eigenvalue weighted by Crippen LogP contribution is -2.42. The Morgan fingerprint density at radius 3 is 2.53 bits per heavy atom. The molecule has 2 atom stereocenters. The number of carbonyl (C=O) groups excluding carboxylic acids is 2. The fraction of sp³-hybridized carbons (Fsp3) is 0.857. The molecule has 1 heterocycles. The predicted octanol–water partition coefficient (Wildman–Crippen LogP) is 1.11. The normalized spacial score (nSPS) is 29.3. The molecule has 5 heteroatoms. The first-order chi connectivity index (χ1) is 9.07. The van der Waals surface area contributed by atoms with Crippen molar-refractivity contribution in [3.63, 3.8) is 0 Å². The van der Waals surface area contributed by atoms with Crippen molar-refractivity contribution in [2.75, 3.05) is 6.54 Å². The summed E-state index contributed by atoms with van der Waals surface area (Å²) in [6, 6.07) is 0. The number of rotatable bonds is 5. The Bertz CT molecular complexity index is 351. The third-order valence-electron chi connectivity index (χ3n) is 4.63. The summed E-state index contributed by atoms with van der Waals surface area (Å²) in [5.74, 6) is -0.256. The molecular formula is C14H24N2O3. The summed E-state index contributed by atoms with van der Waals surface area (Å²) in [7, 11) is 0. The first kappa shape index (κ1) is 14.3. The molecule has 108 valence electrons. The van der Waals surface area contributed by atoms with Gasteiger partial charge in [0.25, 0.3) is 0 Å². The Labute approximate surface area is 114 Å². The highest BCUT2D eigenvalue weighted by Gasteiger charge is 2.39. The standard InChI is InChI=1S/C14H24N2O3/c1-2-14(7-3-4-8-14)13(18)16-9-10-5-6-11(19-10)12(15)17/h10-11H,2-9H2,1H3,(H2,15,17)(H,16,18). The van der Waals surface area contributed by atoms with E-state index in [0.29, 0.717) is 13.0 Å².